The first-order valence-corrected chi connectivity index (χ1v) is 6.69. The van der Waals surface area contributed by atoms with Gasteiger partial charge in [-0.2, -0.15) is 0 Å². The Bertz CT molecular complexity index is 158. The molecular weight excluding hydrogens is 267 g/mol. The second-order valence-electron chi connectivity index (χ2n) is 4.08. The Hall–Kier alpha value is 0.690. The van der Waals surface area contributed by atoms with Crippen molar-refractivity contribution in [3.63, 3.8) is 0 Å². The van der Waals surface area contributed by atoms with Crippen LogP contribution in [0.5, 0.6) is 0 Å². The predicted molar refractivity (Wildman–Crippen MR) is 62.4 cm³/mol. The maximum atomic E-state index is 5.79. The second-order valence-corrected chi connectivity index (χ2v) is 4.91. The lowest BCUT2D eigenvalue weighted by molar-refractivity contribution is -0.0307. The van der Waals surface area contributed by atoms with E-state index in [1.165, 1.54) is 12.8 Å². The van der Waals surface area contributed by atoms with E-state index in [0.29, 0.717) is 19.1 Å². The normalized spacial score (nSPS) is 20.8. The first kappa shape index (κ1) is 12.8. The fourth-order valence-electron chi connectivity index (χ4n) is 0.994. The molecule has 0 aromatic heterocycles. The molecule has 0 radical (unpaired) electrons. The van der Waals surface area contributed by atoms with Gasteiger partial charge in [0.25, 0.3) is 0 Å². The zero-order valence-electron chi connectivity index (χ0n) is 8.60. The third kappa shape index (κ3) is 4.96. The van der Waals surface area contributed by atoms with Crippen molar-refractivity contribution in [3.05, 3.63) is 0 Å². The Morgan fingerprint density at radius 3 is 2.64 bits per heavy atom. The summed E-state index contributed by atoms with van der Waals surface area (Å²) < 4.78 is 11.1. The Balaban J connectivity index is 1.95. The molecule has 0 aromatic rings. The molecule has 1 aliphatic carbocycles. The molecule has 0 aliphatic heterocycles. The molecule has 1 aliphatic rings. The Morgan fingerprint density at radius 1 is 1.43 bits per heavy atom. The van der Waals surface area contributed by atoms with Crippen LogP contribution in [0.3, 0.4) is 0 Å². The zero-order valence-corrected chi connectivity index (χ0v) is 10.9. The number of hydrogen-bond acceptors (Lipinski definition) is 2. The largest absolute Gasteiger partial charge is 0.379 e. The van der Waals surface area contributed by atoms with Crippen molar-refractivity contribution in [1.82, 2.24) is 0 Å². The molecular formula is C10H18BrClO2. The van der Waals surface area contributed by atoms with Gasteiger partial charge in [-0.3, -0.25) is 0 Å². The Labute approximate surface area is 99.4 Å². The number of alkyl halides is 2. The number of rotatable bonds is 8. The van der Waals surface area contributed by atoms with Gasteiger partial charge in [0.05, 0.1) is 24.7 Å². The van der Waals surface area contributed by atoms with Crippen LogP contribution in [0.1, 0.15) is 19.8 Å². The van der Waals surface area contributed by atoms with Crippen LogP contribution in [-0.2, 0) is 9.47 Å². The summed E-state index contributed by atoms with van der Waals surface area (Å²) in [5.74, 6) is 1.33. The highest BCUT2D eigenvalue weighted by molar-refractivity contribution is 9.09. The third-order valence-corrected chi connectivity index (χ3v) is 4.05. The number of halogens is 2. The summed E-state index contributed by atoms with van der Waals surface area (Å²) in [7, 11) is 0. The summed E-state index contributed by atoms with van der Waals surface area (Å²) >= 11 is 9.17. The van der Waals surface area contributed by atoms with Crippen LogP contribution < -0.4 is 0 Å². The average Bonchev–Trinajstić information content (AvgIpc) is 3.01. The molecule has 14 heavy (non-hydrogen) atoms. The fraction of sp³-hybridized carbons (Fsp3) is 1.00. The van der Waals surface area contributed by atoms with Gasteiger partial charge in [0.15, 0.2) is 0 Å². The molecule has 0 bridgehead atoms. The van der Waals surface area contributed by atoms with E-state index in [-0.39, 0.29) is 5.60 Å². The minimum absolute atomic E-state index is 0.259. The van der Waals surface area contributed by atoms with Crippen molar-refractivity contribution in [1.29, 1.82) is 0 Å². The van der Waals surface area contributed by atoms with Crippen LogP contribution in [-0.4, -0.2) is 36.6 Å². The molecule has 1 atom stereocenters. The highest BCUT2D eigenvalue weighted by Gasteiger charge is 2.23. The van der Waals surface area contributed by atoms with Crippen LogP contribution in [0.4, 0.5) is 0 Å². The van der Waals surface area contributed by atoms with Crippen LogP contribution >= 0.6 is 27.5 Å². The lowest BCUT2D eigenvalue weighted by Gasteiger charge is -2.24. The van der Waals surface area contributed by atoms with Crippen molar-refractivity contribution in [2.75, 3.05) is 31.0 Å². The highest BCUT2D eigenvalue weighted by Crippen LogP contribution is 2.28. The number of ether oxygens (including phenoxy) is 2. The average molecular weight is 286 g/mol. The van der Waals surface area contributed by atoms with Crippen LogP contribution in [0, 0.1) is 5.92 Å². The summed E-state index contributed by atoms with van der Waals surface area (Å²) in [6.45, 7) is 4.20. The Morgan fingerprint density at radius 2 is 2.14 bits per heavy atom. The first-order chi connectivity index (χ1) is 6.70. The molecule has 0 N–H and O–H groups in total. The van der Waals surface area contributed by atoms with Crippen molar-refractivity contribution >= 4 is 27.5 Å². The van der Waals surface area contributed by atoms with Crippen LogP contribution in [0.25, 0.3) is 0 Å². The van der Waals surface area contributed by atoms with Gasteiger partial charge in [-0.15, -0.1) is 11.6 Å². The van der Waals surface area contributed by atoms with Crippen LogP contribution in [0.15, 0.2) is 0 Å². The molecule has 0 aromatic carbocycles. The van der Waals surface area contributed by atoms with Crippen molar-refractivity contribution in [3.8, 4) is 0 Å². The monoisotopic (exact) mass is 284 g/mol. The Kier molecular flexibility index (Phi) is 5.75. The minimum atomic E-state index is -0.259. The quantitative estimate of drug-likeness (QED) is 0.504. The van der Waals surface area contributed by atoms with E-state index in [2.05, 4.69) is 15.9 Å². The van der Waals surface area contributed by atoms with Gasteiger partial charge in [-0.05, 0) is 25.7 Å². The molecule has 0 spiro atoms. The molecule has 0 heterocycles. The minimum Gasteiger partial charge on any atom is -0.379 e. The summed E-state index contributed by atoms with van der Waals surface area (Å²) in [6, 6.07) is 0. The van der Waals surface area contributed by atoms with Crippen molar-refractivity contribution < 1.29 is 9.47 Å². The van der Waals surface area contributed by atoms with Gasteiger partial charge in [0.2, 0.25) is 0 Å². The van der Waals surface area contributed by atoms with E-state index in [9.17, 15) is 0 Å². The van der Waals surface area contributed by atoms with Gasteiger partial charge in [-0.1, -0.05) is 15.9 Å². The lowest BCUT2D eigenvalue weighted by Crippen LogP contribution is -2.34. The maximum absolute atomic E-state index is 5.79. The van der Waals surface area contributed by atoms with E-state index < -0.39 is 0 Å². The van der Waals surface area contributed by atoms with E-state index in [1.807, 2.05) is 6.92 Å². The summed E-state index contributed by atoms with van der Waals surface area (Å²) in [4.78, 5) is 0. The maximum Gasteiger partial charge on any atom is 0.0886 e. The predicted octanol–water partition coefficient (Wildman–Crippen LogP) is 2.82. The second kappa shape index (κ2) is 6.31. The van der Waals surface area contributed by atoms with Gasteiger partial charge < -0.3 is 9.47 Å². The SMILES string of the molecule is CC(CCl)(CBr)OCCOCC1CC1. The van der Waals surface area contributed by atoms with Gasteiger partial charge >= 0.3 is 0 Å². The molecule has 0 saturated heterocycles. The highest BCUT2D eigenvalue weighted by atomic mass is 79.9. The first-order valence-electron chi connectivity index (χ1n) is 5.04. The van der Waals surface area contributed by atoms with Crippen LogP contribution in [0.2, 0.25) is 0 Å². The van der Waals surface area contributed by atoms with E-state index in [1.54, 1.807) is 0 Å². The number of hydrogen-bond donors (Lipinski definition) is 0. The molecule has 1 rings (SSSR count). The molecule has 4 heteroatoms. The van der Waals surface area contributed by atoms with E-state index in [0.717, 1.165) is 17.9 Å². The topological polar surface area (TPSA) is 18.5 Å². The van der Waals surface area contributed by atoms with E-state index in [4.69, 9.17) is 21.1 Å². The van der Waals surface area contributed by atoms with Gasteiger partial charge in [0.1, 0.15) is 0 Å². The lowest BCUT2D eigenvalue weighted by atomic mass is 10.2. The molecule has 1 unspecified atom stereocenters. The standard InChI is InChI=1S/C10H18BrClO2/c1-10(7-11,8-12)14-5-4-13-6-9-2-3-9/h9H,2-8H2,1H3. The zero-order chi connectivity index (χ0) is 10.4. The summed E-state index contributed by atoms with van der Waals surface area (Å²) in [6.07, 6.45) is 2.67. The molecule has 1 saturated carbocycles. The van der Waals surface area contributed by atoms with Gasteiger partial charge in [-0.25, -0.2) is 0 Å². The third-order valence-electron chi connectivity index (χ3n) is 2.29. The molecule has 1 fully saturated rings. The fourth-order valence-corrected chi connectivity index (χ4v) is 1.75. The molecule has 0 amide bonds. The smallest absolute Gasteiger partial charge is 0.0886 e. The van der Waals surface area contributed by atoms with Gasteiger partial charge in [0, 0.05) is 11.9 Å². The molecule has 84 valence electrons. The summed E-state index contributed by atoms with van der Waals surface area (Å²) in [5.41, 5.74) is -0.259. The summed E-state index contributed by atoms with van der Waals surface area (Å²) in [5, 5.41) is 0.756. The van der Waals surface area contributed by atoms with E-state index >= 15 is 0 Å². The van der Waals surface area contributed by atoms with Crippen molar-refractivity contribution in [2.45, 2.75) is 25.4 Å². The van der Waals surface area contributed by atoms with Crippen molar-refractivity contribution in [2.24, 2.45) is 5.92 Å². The molecule has 2 nitrogen and oxygen atoms in total.